The van der Waals surface area contributed by atoms with Crippen molar-refractivity contribution in [3.8, 4) is 5.75 Å². The fraction of sp³-hybridized carbons (Fsp3) is 0.562. The van der Waals surface area contributed by atoms with E-state index in [4.69, 9.17) is 0 Å². The highest BCUT2D eigenvalue weighted by atomic mass is 19.3. The third-order valence-electron chi connectivity index (χ3n) is 3.60. The lowest BCUT2D eigenvalue weighted by Gasteiger charge is -2.37. The number of carbonyl (C=O) groups excluding carboxylic acids is 1. The van der Waals surface area contributed by atoms with E-state index in [2.05, 4.69) is 15.0 Å². The quantitative estimate of drug-likeness (QED) is 0.860. The van der Waals surface area contributed by atoms with E-state index in [-0.39, 0.29) is 11.8 Å². The van der Waals surface area contributed by atoms with Gasteiger partial charge in [0.05, 0.1) is 5.60 Å². The summed E-state index contributed by atoms with van der Waals surface area (Å²) in [6.45, 7) is 3.72. The summed E-state index contributed by atoms with van der Waals surface area (Å²) in [4.78, 5) is 16.0. The molecular weight excluding hydrogens is 320 g/mol. The second-order valence-corrected chi connectivity index (χ2v) is 6.41. The zero-order valence-electron chi connectivity index (χ0n) is 13.8. The smallest absolute Gasteiger partial charge is 0.387 e. The largest absolute Gasteiger partial charge is 0.435 e. The van der Waals surface area contributed by atoms with E-state index in [9.17, 15) is 18.7 Å². The number of benzene rings is 1. The fourth-order valence-corrected chi connectivity index (χ4v) is 2.58. The number of nitrogens with zero attached hydrogens (tertiary/aromatic N) is 2. The van der Waals surface area contributed by atoms with Crippen LogP contribution < -0.4 is 10.1 Å². The van der Waals surface area contributed by atoms with E-state index in [1.807, 2.05) is 0 Å². The summed E-state index contributed by atoms with van der Waals surface area (Å²) in [6, 6.07) is 5.55. The van der Waals surface area contributed by atoms with Crippen LogP contribution in [0.25, 0.3) is 0 Å². The number of nitrogens with one attached hydrogen (secondary N) is 1. The number of piperazine rings is 1. The molecule has 0 spiro atoms. The number of hydrogen-bond donors (Lipinski definition) is 2. The average molecular weight is 343 g/mol. The molecule has 1 heterocycles. The van der Waals surface area contributed by atoms with Gasteiger partial charge in [-0.2, -0.15) is 8.78 Å². The summed E-state index contributed by atoms with van der Waals surface area (Å²) in [5.41, 5.74) is -0.243. The van der Waals surface area contributed by atoms with Crippen molar-refractivity contribution >= 4 is 11.7 Å². The van der Waals surface area contributed by atoms with Gasteiger partial charge in [-0.3, -0.25) is 4.90 Å². The predicted molar refractivity (Wildman–Crippen MR) is 86.4 cm³/mol. The maximum Gasteiger partial charge on any atom is 0.387 e. The number of anilines is 1. The van der Waals surface area contributed by atoms with Gasteiger partial charge in [0.15, 0.2) is 0 Å². The highest BCUT2D eigenvalue weighted by molar-refractivity contribution is 5.89. The molecular formula is C16H23F2N3O3. The Morgan fingerprint density at radius 1 is 1.25 bits per heavy atom. The SMILES string of the molecule is CC(C)(O)CN1CCN(C(=O)Nc2ccc(OC(F)F)cc2)CC1. The average Bonchev–Trinajstić information content (AvgIpc) is 2.48. The minimum Gasteiger partial charge on any atom is -0.435 e. The van der Waals surface area contributed by atoms with Crippen LogP contribution in [-0.2, 0) is 0 Å². The van der Waals surface area contributed by atoms with Gasteiger partial charge in [-0.1, -0.05) is 0 Å². The van der Waals surface area contributed by atoms with Gasteiger partial charge in [-0.05, 0) is 38.1 Å². The highest BCUT2D eigenvalue weighted by Gasteiger charge is 2.25. The maximum atomic E-state index is 12.2. The highest BCUT2D eigenvalue weighted by Crippen LogP contribution is 2.18. The van der Waals surface area contributed by atoms with Crippen LogP contribution >= 0.6 is 0 Å². The van der Waals surface area contributed by atoms with E-state index < -0.39 is 12.2 Å². The molecule has 2 rings (SSSR count). The van der Waals surface area contributed by atoms with Crippen LogP contribution in [-0.4, -0.2) is 65.9 Å². The molecule has 1 fully saturated rings. The van der Waals surface area contributed by atoms with Gasteiger partial charge in [0.25, 0.3) is 0 Å². The molecule has 134 valence electrons. The van der Waals surface area contributed by atoms with Gasteiger partial charge in [0.2, 0.25) is 0 Å². The van der Waals surface area contributed by atoms with Gasteiger partial charge in [-0.25, -0.2) is 4.79 Å². The minimum absolute atomic E-state index is 0.0447. The molecule has 2 N–H and O–H groups in total. The van der Waals surface area contributed by atoms with Crippen LogP contribution in [0.1, 0.15) is 13.8 Å². The molecule has 24 heavy (non-hydrogen) atoms. The first-order valence-corrected chi connectivity index (χ1v) is 7.78. The fourth-order valence-electron chi connectivity index (χ4n) is 2.58. The Morgan fingerprint density at radius 2 is 1.83 bits per heavy atom. The number of ether oxygens (including phenoxy) is 1. The second kappa shape index (κ2) is 7.76. The number of hydrogen-bond acceptors (Lipinski definition) is 4. The summed E-state index contributed by atoms with van der Waals surface area (Å²) >= 11 is 0. The van der Waals surface area contributed by atoms with Crippen LogP contribution in [0.2, 0.25) is 0 Å². The Morgan fingerprint density at radius 3 is 2.33 bits per heavy atom. The third-order valence-corrected chi connectivity index (χ3v) is 3.60. The summed E-state index contributed by atoms with van der Waals surface area (Å²) in [7, 11) is 0. The van der Waals surface area contributed by atoms with Crippen molar-refractivity contribution in [2.75, 3.05) is 38.0 Å². The molecule has 0 atom stereocenters. The molecule has 2 amide bonds. The van der Waals surface area contributed by atoms with Crippen LogP contribution in [0.15, 0.2) is 24.3 Å². The standard InChI is InChI=1S/C16H23F2N3O3/c1-16(2,23)11-20-7-9-21(10-8-20)15(22)19-12-3-5-13(6-4-12)24-14(17)18/h3-6,14,23H,7-11H2,1-2H3,(H,19,22). The van der Waals surface area contributed by atoms with Gasteiger partial charge >= 0.3 is 12.6 Å². The van der Waals surface area contributed by atoms with E-state index in [0.717, 1.165) is 0 Å². The van der Waals surface area contributed by atoms with Gasteiger partial charge in [0.1, 0.15) is 5.75 Å². The number of urea groups is 1. The summed E-state index contributed by atoms with van der Waals surface area (Å²) in [6.07, 6.45) is 0. The summed E-state index contributed by atoms with van der Waals surface area (Å²) < 4.78 is 28.4. The normalized spacial score (nSPS) is 16.3. The summed E-state index contributed by atoms with van der Waals surface area (Å²) in [5, 5.41) is 12.6. The lowest BCUT2D eigenvalue weighted by atomic mass is 10.1. The number of aliphatic hydroxyl groups is 1. The Bertz CT molecular complexity index is 538. The number of amides is 2. The number of β-amino-alcohol motifs (C(OH)–C–C–N with tert-alkyl or cyclic N) is 1. The van der Waals surface area contributed by atoms with E-state index >= 15 is 0 Å². The van der Waals surface area contributed by atoms with Crippen LogP contribution in [0.3, 0.4) is 0 Å². The van der Waals surface area contributed by atoms with Crippen molar-refractivity contribution in [3.63, 3.8) is 0 Å². The Labute approximate surface area is 140 Å². The van der Waals surface area contributed by atoms with Crippen LogP contribution in [0.4, 0.5) is 19.3 Å². The van der Waals surface area contributed by atoms with E-state index in [1.165, 1.54) is 24.3 Å². The minimum atomic E-state index is -2.87. The first-order valence-electron chi connectivity index (χ1n) is 7.78. The lowest BCUT2D eigenvalue weighted by Crippen LogP contribution is -2.52. The molecule has 1 aromatic carbocycles. The first kappa shape index (κ1) is 18.4. The van der Waals surface area contributed by atoms with Crippen LogP contribution in [0, 0.1) is 0 Å². The van der Waals surface area contributed by atoms with Crippen molar-refractivity contribution in [2.24, 2.45) is 0 Å². The van der Waals surface area contributed by atoms with Crippen molar-refractivity contribution < 1.29 is 23.4 Å². The first-order chi connectivity index (χ1) is 11.2. The monoisotopic (exact) mass is 343 g/mol. The van der Waals surface area contributed by atoms with Gasteiger partial charge in [-0.15, -0.1) is 0 Å². The molecule has 0 radical (unpaired) electrons. The second-order valence-electron chi connectivity index (χ2n) is 6.41. The maximum absolute atomic E-state index is 12.2. The Kier molecular flexibility index (Phi) is 5.95. The molecule has 1 aliphatic heterocycles. The van der Waals surface area contributed by atoms with E-state index in [0.29, 0.717) is 38.4 Å². The number of rotatable bonds is 5. The van der Waals surface area contributed by atoms with Gasteiger partial charge in [0, 0.05) is 38.4 Å². The van der Waals surface area contributed by atoms with Crippen molar-refractivity contribution in [2.45, 2.75) is 26.1 Å². The number of carbonyl (C=O) groups is 1. The van der Waals surface area contributed by atoms with Crippen molar-refractivity contribution in [1.82, 2.24) is 9.80 Å². The van der Waals surface area contributed by atoms with Crippen LogP contribution in [0.5, 0.6) is 5.75 Å². The molecule has 0 unspecified atom stereocenters. The Hall–Kier alpha value is -1.93. The predicted octanol–water partition coefficient (Wildman–Crippen LogP) is 2.21. The third kappa shape index (κ3) is 5.93. The van der Waals surface area contributed by atoms with Gasteiger partial charge < -0.3 is 20.1 Å². The molecule has 0 aliphatic carbocycles. The topological polar surface area (TPSA) is 65.0 Å². The zero-order chi connectivity index (χ0) is 17.7. The molecule has 1 aromatic rings. The van der Waals surface area contributed by atoms with Crippen molar-refractivity contribution in [3.05, 3.63) is 24.3 Å². The lowest BCUT2D eigenvalue weighted by molar-refractivity contribution is -0.0498. The molecule has 1 saturated heterocycles. The molecule has 0 aromatic heterocycles. The molecule has 6 nitrogen and oxygen atoms in total. The molecule has 0 bridgehead atoms. The molecule has 0 saturated carbocycles. The Balaban J connectivity index is 1.81. The number of halogens is 2. The summed E-state index contributed by atoms with van der Waals surface area (Å²) in [5.74, 6) is 0.0447. The van der Waals surface area contributed by atoms with Crippen molar-refractivity contribution in [1.29, 1.82) is 0 Å². The molecule has 8 heteroatoms. The zero-order valence-corrected chi connectivity index (χ0v) is 13.8. The number of alkyl halides is 2. The van der Waals surface area contributed by atoms with E-state index in [1.54, 1.807) is 18.7 Å². The molecule has 1 aliphatic rings.